The topological polar surface area (TPSA) is 85.2 Å². The van der Waals surface area contributed by atoms with Gasteiger partial charge in [0.2, 0.25) is 5.91 Å². The third kappa shape index (κ3) is 3.60. The van der Waals surface area contributed by atoms with Gasteiger partial charge in [-0.2, -0.15) is 0 Å². The van der Waals surface area contributed by atoms with Gasteiger partial charge in [-0.3, -0.25) is 9.78 Å². The van der Waals surface area contributed by atoms with E-state index in [0.29, 0.717) is 6.54 Å². The van der Waals surface area contributed by atoms with Gasteiger partial charge in [0.15, 0.2) is 0 Å². The summed E-state index contributed by atoms with van der Waals surface area (Å²) in [5.41, 5.74) is 9.38. The summed E-state index contributed by atoms with van der Waals surface area (Å²) in [7, 11) is 0. The van der Waals surface area contributed by atoms with Gasteiger partial charge in [-0.1, -0.05) is 11.2 Å². The second-order valence-electron chi connectivity index (χ2n) is 6.05. The molecule has 1 atom stereocenters. The molecular formula is C17H23ClN4O2. The summed E-state index contributed by atoms with van der Waals surface area (Å²) in [6.07, 6.45) is 3.90. The number of piperidine rings is 1. The lowest BCUT2D eigenvalue weighted by Gasteiger charge is -2.32. The normalized spacial score (nSPS) is 17.5. The van der Waals surface area contributed by atoms with Gasteiger partial charge in [-0.15, -0.1) is 12.4 Å². The molecule has 1 fully saturated rings. The van der Waals surface area contributed by atoms with Crippen LogP contribution in [0.3, 0.4) is 0 Å². The average molecular weight is 351 g/mol. The van der Waals surface area contributed by atoms with Crippen LogP contribution in [0.2, 0.25) is 0 Å². The molecule has 7 heteroatoms. The summed E-state index contributed by atoms with van der Waals surface area (Å²) in [6.45, 7) is 5.40. The Morgan fingerprint density at radius 1 is 1.42 bits per heavy atom. The Bertz CT molecular complexity index is 680. The maximum Gasteiger partial charge on any atom is 0.236 e. The summed E-state index contributed by atoms with van der Waals surface area (Å²) < 4.78 is 5.22. The number of hydrogen-bond acceptors (Lipinski definition) is 5. The number of rotatable bonds is 3. The van der Waals surface area contributed by atoms with E-state index in [1.807, 2.05) is 31.0 Å². The lowest BCUT2D eigenvalue weighted by atomic mass is 9.93. The van der Waals surface area contributed by atoms with Gasteiger partial charge < -0.3 is 15.2 Å². The second-order valence-corrected chi connectivity index (χ2v) is 6.05. The smallest absolute Gasteiger partial charge is 0.236 e. The molecule has 0 saturated carbocycles. The van der Waals surface area contributed by atoms with E-state index in [2.05, 4.69) is 16.2 Å². The van der Waals surface area contributed by atoms with Crippen LogP contribution < -0.4 is 5.73 Å². The highest BCUT2D eigenvalue weighted by Gasteiger charge is 2.25. The number of amides is 1. The van der Waals surface area contributed by atoms with Crippen LogP contribution in [0.1, 0.15) is 35.9 Å². The number of carbonyl (C=O) groups excluding carboxylic acids is 1. The van der Waals surface area contributed by atoms with Crippen LogP contribution in [-0.2, 0) is 4.79 Å². The SMILES string of the molecule is Cc1noc(C)c1-c1ccc(C2CCCN(C(=O)CN)C2)nc1.Cl. The number of nitrogens with zero attached hydrogens (tertiary/aromatic N) is 3. The molecule has 0 aliphatic carbocycles. The maximum atomic E-state index is 11.8. The molecule has 0 aromatic carbocycles. The summed E-state index contributed by atoms with van der Waals surface area (Å²) >= 11 is 0. The fraction of sp³-hybridized carbons (Fsp3) is 0.471. The van der Waals surface area contributed by atoms with Crippen molar-refractivity contribution in [3.8, 4) is 11.1 Å². The third-order valence-corrected chi connectivity index (χ3v) is 4.48. The second kappa shape index (κ2) is 7.77. The van der Waals surface area contributed by atoms with Gasteiger partial charge >= 0.3 is 0 Å². The minimum atomic E-state index is 0. The van der Waals surface area contributed by atoms with Crippen molar-refractivity contribution in [1.29, 1.82) is 0 Å². The van der Waals surface area contributed by atoms with Crippen LogP contribution >= 0.6 is 12.4 Å². The minimum absolute atomic E-state index is 0. The van der Waals surface area contributed by atoms with Crippen LogP contribution in [0, 0.1) is 13.8 Å². The summed E-state index contributed by atoms with van der Waals surface area (Å²) in [5, 5.41) is 3.98. The van der Waals surface area contributed by atoms with E-state index in [1.54, 1.807) is 0 Å². The molecule has 6 nitrogen and oxygen atoms in total. The van der Waals surface area contributed by atoms with Crippen molar-refractivity contribution in [3.63, 3.8) is 0 Å². The lowest BCUT2D eigenvalue weighted by Crippen LogP contribution is -2.42. The first-order chi connectivity index (χ1) is 11.1. The predicted molar refractivity (Wildman–Crippen MR) is 94.1 cm³/mol. The largest absolute Gasteiger partial charge is 0.361 e. The summed E-state index contributed by atoms with van der Waals surface area (Å²) in [4.78, 5) is 18.3. The number of aromatic nitrogens is 2. The highest BCUT2D eigenvalue weighted by atomic mass is 35.5. The molecule has 130 valence electrons. The van der Waals surface area contributed by atoms with Crippen molar-refractivity contribution in [1.82, 2.24) is 15.0 Å². The Balaban J connectivity index is 0.00000208. The molecule has 1 aliphatic rings. The highest BCUT2D eigenvalue weighted by molar-refractivity contribution is 5.85. The number of halogens is 1. The molecule has 1 amide bonds. The fourth-order valence-corrected chi connectivity index (χ4v) is 3.26. The standard InChI is InChI=1S/C17H22N4O2.ClH/c1-11-17(12(2)23-20-11)13-5-6-15(19-9-13)14-4-3-7-21(10-14)16(22)8-18;/h5-6,9,14H,3-4,7-8,10,18H2,1-2H3;1H. The van der Waals surface area contributed by atoms with Gasteiger partial charge in [0.25, 0.3) is 0 Å². The van der Waals surface area contributed by atoms with Crippen molar-refractivity contribution in [2.45, 2.75) is 32.6 Å². The third-order valence-electron chi connectivity index (χ3n) is 4.48. The van der Waals surface area contributed by atoms with Crippen molar-refractivity contribution < 1.29 is 9.32 Å². The van der Waals surface area contributed by atoms with Crippen molar-refractivity contribution in [2.24, 2.45) is 5.73 Å². The van der Waals surface area contributed by atoms with E-state index in [9.17, 15) is 4.79 Å². The molecule has 2 N–H and O–H groups in total. The summed E-state index contributed by atoms with van der Waals surface area (Å²) in [6, 6.07) is 4.10. The van der Waals surface area contributed by atoms with Crippen molar-refractivity contribution in [3.05, 3.63) is 35.5 Å². The van der Waals surface area contributed by atoms with Gasteiger partial charge in [0, 0.05) is 42.0 Å². The highest BCUT2D eigenvalue weighted by Crippen LogP contribution is 2.29. The zero-order valence-electron chi connectivity index (χ0n) is 14.0. The van der Waals surface area contributed by atoms with Crippen molar-refractivity contribution >= 4 is 18.3 Å². The molecule has 1 unspecified atom stereocenters. The molecular weight excluding hydrogens is 328 g/mol. The lowest BCUT2D eigenvalue weighted by molar-refractivity contribution is -0.130. The zero-order chi connectivity index (χ0) is 16.4. The quantitative estimate of drug-likeness (QED) is 0.918. The fourth-order valence-electron chi connectivity index (χ4n) is 3.26. The Labute approximate surface area is 147 Å². The van der Waals surface area contributed by atoms with E-state index < -0.39 is 0 Å². The molecule has 0 bridgehead atoms. The molecule has 1 aliphatic heterocycles. The first-order valence-electron chi connectivity index (χ1n) is 7.97. The Kier molecular flexibility index (Phi) is 5.96. The van der Waals surface area contributed by atoms with E-state index in [0.717, 1.165) is 47.7 Å². The van der Waals surface area contributed by atoms with Crippen LogP contribution in [0.4, 0.5) is 0 Å². The predicted octanol–water partition coefficient (Wildman–Crippen LogP) is 2.44. The van der Waals surface area contributed by atoms with Crippen molar-refractivity contribution in [2.75, 3.05) is 19.6 Å². The van der Waals surface area contributed by atoms with Crippen LogP contribution in [0.5, 0.6) is 0 Å². The molecule has 0 spiro atoms. The Morgan fingerprint density at radius 3 is 2.79 bits per heavy atom. The molecule has 3 rings (SSSR count). The Morgan fingerprint density at radius 2 is 2.21 bits per heavy atom. The van der Waals surface area contributed by atoms with Gasteiger partial charge in [0.05, 0.1) is 12.2 Å². The van der Waals surface area contributed by atoms with Gasteiger partial charge in [-0.05, 0) is 32.8 Å². The van der Waals surface area contributed by atoms with E-state index >= 15 is 0 Å². The number of aryl methyl sites for hydroxylation is 2. The van der Waals surface area contributed by atoms with Gasteiger partial charge in [-0.25, -0.2) is 0 Å². The maximum absolute atomic E-state index is 11.8. The number of pyridine rings is 1. The average Bonchev–Trinajstić information content (AvgIpc) is 2.93. The molecule has 24 heavy (non-hydrogen) atoms. The first kappa shape index (κ1) is 18.4. The number of likely N-dealkylation sites (tertiary alicyclic amines) is 1. The van der Waals surface area contributed by atoms with Crippen LogP contribution in [0.15, 0.2) is 22.9 Å². The summed E-state index contributed by atoms with van der Waals surface area (Å²) in [5.74, 6) is 1.09. The molecule has 2 aromatic rings. The van der Waals surface area contributed by atoms with Gasteiger partial charge in [0.1, 0.15) is 5.76 Å². The molecule has 2 aromatic heterocycles. The Hall–Kier alpha value is -1.92. The van der Waals surface area contributed by atoms with E-state index in [-0.39, 0.29) is 30.8 Å². The minimum Gasteiger partial charge on any atom is -0.361 e. The van der Waals surface area contributed by atoms with E-state index in [1.165, 1.54) is 0 Å². The molecule has 1 saturated heterocycles. The number of carbonyl (C=O) groups is 1. The zero-order valence-corrected chi connectivity index (χ0v) is 14.8. The van der Waals surface area contributed by atoms with Crippen LogP contribution in [0.25, 0.3) is 11.1 Å². The van der Waals surface area contributed by atoms with Crippen LogP contribution in [-0.4, -0.2) is 40.6 Å². The first-order valence-corrected chi connectivity index (χ1v) is 7.97. The monoisotopic (exact) mass is 350 g/mol. The van der Waals surface area contributed by atoms with E-state index in [4.69, 9.17) is 10.3 Å². The molecule has 0 radical (unpaired) electrons. The molecule has 3 heterocycles. The number of nitrogens with two attached hydrogens (primary N) is 1. The number of hydrogen-bond donors (Lipinski definition) is 1.